The van der Waals surface area contributed by atoms with Gasteiger partial charge in [-0.1, -0.05) is 11.6 Å². The molecule has 1 unspecified atom stereocenters. The number of hydrogen-bond donors (Lipinski definition) is 3. The first-order valence-corrected chi connectivity index (χ1v) is 9.00. The number of fused-ring (bicyclic) bond motifs is 1. The van der Waals surface area contributed by atoms with Crippen LogP contribution in [0.3, 0.4) is 0 Å². The summed E-state index contributed by atoms with van der Waals surface area (Å²) in [7, 11) is 0. The Morgan fingerprint density at radius 1 is 1.41 bits per heavy atom. The molecule has 1 atom stereocenters. The third-order valence-electron chi connectivity index (χ3n) is 4.59. The van der Waals surface area contributed by atoms with Crippen LogP contribution >= 0.6 is 11.6 Å². The zero-order valence-corrected chi connectivity index (χ0v) is 15.2. The lowest BCUT2D eigenvalue weighted by atomic mass is 10.1. The normalized spacial score (nSPS) is 17.3. The second kappa shape index (κ2) is 7.05. The van der Waals surface area contributed by atoms with Crippen LogP contribution in [0, 0.1) is 0 Å². The van der Waals surface area contributed by atoms with E-state index in [1.54, 1.807) is 18.5 Å². The molecule has 27 heavy (non-hydrogen) atoms. The summed E-state index contributed by atoms with van der Waals surface area (Å²) in [6.07, 6.45) is 6.74. The van der Waals surface area contributed by atoms with Gasteiger partial charge in [0.1, 0.15) is 11.1 Å². The molecule has 9 heteroatoms. The number of aromatic nitrogens is 2. The molecule has 0 saturated carbocycles. The molecule has 0 bridgehead atoms. The van der Waals surface area contributed by atoms with E-state index in [1.807, 2.05) is 6.07 Å². The van der Waals surface area contributed by atoms with Gasteiger partial charge in [0.2, 0.25) is 5.88 Å². The molecule has 1 saturated heterocycles. The fourth-order valence-electron chi connectivity index (χ4n) is 3.36. The first-order valence-electron chi connectivity index (χ1n) is 8.62. The third kappa shape index (κ3) is 3.41. The molecular weight excluding hydrogens is 368 g/mol. The van der Waals surface area contributed by atoms with Gasteiger partial charge in [0.15, 0.2) is 5.58 Å². The molecule has 3 aromatic heterocycles. The Labute approximate surface area is 160 Å². The van der Waals surface area contributed by atoms with Crippen molar-refractivity contribution in [2.45, 2.75) is 18.9 Å². The predicted octanol–water partition coefficient (Wildman–Crippen LogP) is 2.64. The van der Waals surface area contributed by atoms with Gasteiger partial charge in [-0.15, -0.1) is 0 Å². The lowest BCUT2D eigenvalue weighted by molar-refractivity contribution is 0.102. The molecule has 4 rings (SSSR count). The molecule has 5 N–H and O–H groups in total. The maximum Gasteiger partial charge on any atom is 0.263 e. The average molecular weight is 387 g/mol. The number of amides is 1. The van der Waals surface area contributed by atoms with Crippen LogP contribution in [0.25, 0.3) is 11.1 Å². The Balaban J connectivity index is 1.65. The summed E-state index contributed by atoms with van der Waals surface area (Å²) in [6.45, 7) is 1.60. The van der Waals surface area contributed by atoms with Crippen molar-refractivity contribution in [1.82, 2.24) is 9.97 Å². The predicted molar refractivity (Wildman–Crippen MR) is 105 cm³/mol. The van der Waals surface area contributed by atoms with Gasteiger partial charge in [-0.3, -0.25) is 14.8 Å². The lowest BCUT2D eigenvalue weighted by Gasteiger charge is -2.33. The zero-order valence-electron chi connectivity index (χ0n) is 14.5. The van der Waals surface area contributed by atoms with Crippen LogP contribution in [-0.4, -0.2) is 35.0 Å². The monoisotopic (exact) mass is 386 g/mol. The molecule has 0 radical (unpaired) electrons. The minimum atomic E-state index is -0.420. The summed E-state index contributed by atoms with van der Waals surface area (Å²) in [5, 5.41) is 3.28. The summed E-state index contributed by atoms with van der Waals surface area (Å²) in [6, 6.07) is 3.54. The number of rotatable bonds is 3. The number of nitrogens with one attached hydrogen (secondary N) is 1. The molecule has 0 aliphatic carbocycles. The highest BCUT2D eigenvalue weighted by Gasteiger charge is 2.24. The second-order valence-electron chi connectivity index (χ2n) is 6.54. The van der Waals surface area contributed by atoms with Gasteiger partial charge >= 0.3 is 0 Å². The van der Waals surface area contributed by atoms with Crippen LogP contribution in [0.5, 0.6) is 0 Å². The number of halogens is 1. The number of piperidine rings is 1. The summed E-state index contributed by atoms with van der Waals surface area (Å²) >= 11 is 5.92. The number of furan rings is 1. The van der Waals surface area contributed by atoms with Gasteiger partial charge in [0.25, 0.3) is 5.91 Å². The summed E-state index contributed by atoms with van der Waals surface area (Å²) in [5.41, 5.74) is 14.3. The van der Waals surface area contributed by atoms with E-state index in [0.29, 0.717) is 21.8 Å². The molecule has 1 amide bonds. The number of anilines is 3. The molecule has 1 aliphatic rings. The highest BCUT2D eigenvalue weighted by atomic mass is 35.5. The Morgan fingerprint density at radius 3 is 3.07 bits per heavy atom. The molecule has 1 fully saturated rings. The van der Waals surface area contributed by atoms with E-state index in [2.05, 4.69) is 20.2 Å². The van der Waals surface area contributed by atoms with E-state index in [9.17, 15) is 4.79 Å². The van der Waals surface area contributed by atoms with Gasteiger partial charge in [-0.2, -0.15) is 0 Å². The van der Waals surface area contributed by atoms with Crippen LogP contribution < -0.4 is 21.7 Å². The zero-order chi connectivity index (χ0) is 19.0. The lowest BCUT2D eigenvalue weighted by Crippen LogP contribution is -2.43. The molecule has 4 heterocycles. The Hall–Kier alpha value is -2.84. The van der Waals surface area contributed by atoms with E-state index in [4.69, 9.17) is 27.5 Å². The first kappa shape index (κ1) is 17.6. The standard InChI is InChI=1S/C18H19ClN6O2/c19-10-6-14-16(23-7-10)15(17(21)27-14)18(26)24-12-8-22-4-3-13(12)25-5-1-2-11(20)9-25/h3-4,6-8,11H,1-2,5,9,20-21H2,(H,24,26). The number of carbonyl (C=O) groups is 1. The summed E-state index contributed by atoms with van der Waals surface area (Å²) in [5.74, 6) is -0.431. The molecule has 3 aromatic rings. The Kier molecular flexibility index (Phi) is 4.59. The quantitative estimate of drug-likeness (QED) is 0.632. The van der Waals surface area contributed by atoms with Crippen molar-refractivity contribution in [3.8, 4) is 0 Å². The van der Waals surface area contributed by atoms with Gasteiger partial charge in [-0.25, -0.2) is 0 Å². The van der Waals surface area contributed by atoms with Crippen molar-refractivity contribution in [2.24, 2.45) is 5.73 Å². The minimum absolute atomic E-state index is 0.0114. The Bertz CT molecular complexity index is 1000. The van der Waals surface area contributed by atoms with Crippen LogP contribution in [0.15, 0.2) is 35.1 Å². The molecule has 140 valence electrons. The highest BCUT2D eigenvalue weighted by Crippen LogP contribution is 2.31. The van der Waals surface area contributed by atoms with Crippen LogP contribution in [0.1, 0.15) is 23.2 Å². The fraction of sp³-hybridized carbons (Fsp3) is 0.278. The van der Waals surface area contributed by atoms with E-state index >= 15 is 0 Å². The van der Waals surface area contributed by atoms with Crippen molar-refractivity contribution in [3.05, 3.63) is 41.3 Å². The van der Waals surface area contributed by atoms with Crippen LogP contribution in [0.2, 0.25) is 5.02 Å². The van der Waals surface area contributed by atoms with Crippen molar-refractivity contribution in [3.63, 3.8) is 0 Å². The minimum Gasteiger partial charge on any atom is -0.438 e. The highest BCUT2D eigenvalue weighted by molar-refractivity contribution is 6.31. The van der Waals surface area contributed by atoms with E-state index < -0.39 is 5.91 Å². The second-order valence-corrected chi connectivity index (χ2v) is 6.97. The van der Waals surface area contributed by atoms with Gasteiger partial charge in [0, 0.05) is 37.6 Å². The summed E-state index contributed by atoms with van der Waals surface area (Å²) in [4.78, 5) is 23.4. The number of nitrogens with zero attached hydrogens (tertiary/aromatic N) is 3. The molecule has 0 spiro atoms. The maximum atomic E-state index is 12.9. The number of nitrogens with two attached hydrogens (primary N) is 2. The number of nitrogen functional groups attached to an aromatic ring is 1. The molecule has 1 aliphatic heterocycles. The smallest absolute Gasteiger partial charge is 0.263 e. The van der Waals surface area contributed by atoms with Crippen molar-refractivity contribution < 1.29 is 9.21 Å². The van der Waals surface area contributed by atoms with Gasteiger partial charge in [0.05, 0.1) is 22.6 Å². The van der Waals surface area contributed by atoms with Crippen LogP contribution in [-0.2, 0) is 0 Å². The largest absolute Gasteiger partial charge is 0.438 e. The fourth-order valence-corrected chi connectivity index (χ4v) is 3.51. The molecular formula is C18H19ClN6O2. The molecule has 0 aromatic carbocycles. The third-order valence-corrected chi connectivity index (χ3v) is 4.80. The van der Waals surface area contributed by atoms with E-state index in [1.165, 1.54) is 6.20 Å². The first-order chi connectivity index (χ1) is 13.0. The SMILES string of the molecule is Nc1oc2cc(Cl)cnc2c1C(=O)Nc1cnccc1N1CCCC(N)C1. The van der Waals surface area contributed by atoms with E-state index in [0.717, 1.165) is 31.6 Å². The van der Waals surface area contributed by atoms with Crippen LogP contribution in [0.4, 0.5) is 17.3 Å². The van der Waals surface area contributed by atoms with Gasteiger partial charge in [-0.05, 0) is 18.9 Å². The summed E-state index contributed by atoms with van der Waals surface area (Å²) < 4.78 is 5.43. The average Bonchev–Trinajstić information content (AvgIpc) is 2.97. The van der Waals surface area contributed by atoms with Crippen molar-refractivity contribution in [2.75, 3.05) is 29.0 Å². The topological polar surface area (TPSA) is 123 Å². The Morgan fingerprint density at radius 2 is 2.26 bits per heavy atom. The number of pyridine rings is 2. The number of hydrogen-bond acceptors (Lipinski definition) is 7. The number of carbonyl (C=O) groups excluding carboxylic acids is 1. The van der Waals surface area contributed by atoms with Crippen molar-refractivity contribution in [1.29, 1.82) is 0 Å². The van der Waals surface area contributed by atoms with E-state index in [-0.39, 0.29) is 17.5 Å². The van der Waals surface area contributed by atoms with Crippen molar-refractivity contribution >= 4 is 45.9 Å². The van der Waals surface area contributed by atoms with Gasteiger partial charge < -0.3 is 26.1 Å². The molecule has 8 nitrogen and oxygen atoms in total. The maximum absolute atomic E-state index is 12.9.